The van der Waals surface area contributed by atoms with E-state index >= 15 is 0 Å². The topological polar surface area (TPSA) is 61.7 Å². The van der Waals surface area contributed by atoms with Crippen LogP contribution in [-0.4, -0.2) is 16.8 Å². The van der Waals surface area contributed by atoms with Crippen molar-refractivity contribution in [3.05, 3.63) is 120 Å². The molecule has 0 aliphatic rings. The number of carbonyl (C=O) groups excluding carboxylic acids is 1. The fraction of sp³-hybridized carbons (Fsp3) is 0.212. The van der Waals surface area contributed by atoms with Crippen LogP contribution >= 0.6 is 0 Å². The van der Waals surface area contributed by atoms with Crippen molar-refractivity contribution in [3.63, 3.8) is 0 Å². The molecule has 0 aliphatic heterocycles. The summed E-state index contributed by atoms with van der Waals surface area (Å²) < 4.78 is 0. The Labute approximate surface area is 220 Å². The number of rotatable bonds is 8. The maximum atomic E-state index is 13.8. The highest BCUT2D eigenvalue weighted by Crippen LogP contribution is 2.42. The van der Waals surface area contributed by atoms with Gasteiger partial charge in [0.1, 0.15) is 11.6 Å². The maximum Gasteiger partial charge on any atom is 0.231 e. The predicted octanol–water partition coefficient (Wildman–Crippen LogP) is 7.94. The summed E-state index contributed by atoms with van der Waals surface area (Å²) in [6.45, 7) is 13.4. The van der Waals surface area contributed by atoms with E-state index < -0.39 is 5.41 Å². The second-order valence-corrected chi connectivity index (χ2v) is 9.50. The van der Waals surface area contributed by atoms with Crippen molar-refractivity contribution in [2.24, 2.45) is 10.4 Å². The van der Waals surface area contributed by atoms with Crippen LogP contribution in [0.25, 0.3) is 16.5 Å². The second kappa shape index (κ2) is 12.2. The van der Waals surface area contributed by atoms with Gasteiger partial charge in [-0.05, 0) is 54.8 Å². The first-order valence-corrected chi connectivity index (χ1v) is 12.5. The van der Waals surface area contributed by atoms with Crippen LogP contribution in [0.5, 0.6) is 5.75 Å². The minimum absolute atomic E-state index is 0.153. The molecular formula is C33H36N2O2. The van der Waals surface area contributed by atoms with E-state index in [1.165, 1.54) is 0 Å². The summed E-state index contributed by atoms with van der Waals surface area (Å²) in [5.74, 6) is 0.262. The molecule has 0 radical (unpaired) electrons. The number of amides is 1. The number of benzene rings is 3. The molecule has 1 unspecified atom stereocenters. The van der Waals surface area contributed by atoms with Gasteiger partial charge in [-0.2, -0.15) is 0 Å². The van der Waals surface area contributed by atoms with Gasteiger partial charge in [0.2, 0.25) is 5.91 Å². The van der Waals surface area contributed by atoms with Gasteiger partial charge in [-0.3, -0.25) is 4.79 Å². The lowest BCUT2D eigenvalue weighted by Crippen LogP contribution is -2.43. The average molecular weight is 493 g/mol. The van der Waals surface area contributed by atoms with Crippen molar-refractivity contribution < 1.29 is 9.90 Å². The number of hydrogen-bond donors (Lipinski definition) is 2. The Morgan fingerprint density at radius 1 is 1.03 bits per heavy atom. The Hall–Kier alpha value is -4.18. The van der Waals surface area contributed by atoms with E-state index in [2.05, 4.69) is 30.1 Å². The number of allylic oxidation sites excluding steroid dienone is 6. The zero-order valence-electron chi connectivity index (χ0n) is 22.3. The van der Waals surface area contributed by atoms with Crippen LogP contribution in [-0.2, 0) is 4.79 Å². The Bertz CT molecular complexity index is 1380. The molecule has 0 aliphatic carbocycles. The van der Waals surface area contributed by atoms with Crippen LogP contribution in [0.1, 0.15) is 51.7 Å². The van der Waals surface area contributed by atoms with E-state index in [1.54, 1.807) is 18.2 Å². The molecule has 3 aromatic rings. The Kier molecular flexibility index (Phi) is 9.02. The summed E-state index contributed by atoms with van der Waals surface area (Å²) >= 11 is 0. The van der Waals surface area contributed by atoms with E-state index in [9.17, 15) is 9.90 Å². The Balaban J connectivity index is 1.97. The van der Waals surface area contributed by atoms with Crippen LogP contribution in [0.2, 0.25) is 0 Å². The number of aliphatic imine (C=N–C) groups is 1. The third-order valence-electron chi connectivity index (χ3n) is 6.46. The summed E-state index contributed by atoms with van der Waals surface area (Å²) in [5, 5.41) is 15.1. The van der Waals surface area contributed by atoms with Gasteiger partial charge in [0, 0.05) is 11.5 Å². The number of fused-ring (bicyclic) bond motifs is 1. The van der Waals surface area contributed by atoms with Crippen molar-refractivity contribution in [1.29, 1.82) is 0 Å². The van der Waals surface area contributed by atoms with E-state index in [4.69, 9.17) is 4.99 Å². The minimum atomic E-state index is -0.850. The van der Waals surface area contributed by atoms with Crippen LogP contribution in [0.3, 0.4) is 0 Å². The van der Waals surface area contributed by atoms with Gasteiger partial charge in [-0.1, -0.05) is 105 Å². The fourth-order valence-corrected chi connectivity index (χ4v) is 4.66. The predicted molar refractivity (Wildman–Crippen MR) is 157 cm³/mol. The molecule has 0 fully saturated rings. The molecule has 1 atom stereocenters. The Morgan fingerprint density at radius 2 is 1.70 bits per heavy atom. The lowest BCUT2D eigenvalue weighted by molar-refractivity contribution is -0.128. The lowest BCUT2D eigenvalue weighted by Gasteiger charge is -2.34. The highest BCUT2D eigenvalue weighted by Gasteiger charge is 2.39. The van der Waals surface area contributed by atoms with Gasteiger partial charge in [-0.15, -0.1) is 0 Å². The van der Waals surface area contributed by atoms with Crippen LogP contribution in [0.4, 0.5) is 0 Å². The van der Waals surface area contributed by atoms with Gasteiger partial charge < -0.3 is 10.4 Å². The summed E-state index contributed by atoms with van der Waals surface area (Å²) in [5.41, 5.74) is 2.83. The molecule has 0 bridgehead atoms. The summed E-state index contributed by atoms with van der Waals surface area (Å²) in [6.07, 6.45) is 9.55. The highest BCUT2D eigenvalue weighted by atomic mass is 16.3. The molecule has 37 heavy (non-hydrogen) atoms. The van der Waals surface area contributed by atoms with Gasteiger partial charge in [0.15, 0.2) is 0 Å². The van der Waals surface area contributed by atoms with E-state index in [1.807, 2.05) is 95.3 Å². The number of phenolic OH excluding ortho intramolecular Hbond substituents is 1. The molecule has 0 saturated carbocycles. The third-order valence-corrected chi connectivity index (χ3v) is 6.46. The van der Waals surface area contributed by atoms with E-state index in [0.29, 0.717) is 5.84 Å². The van der Waals surface area contributed by atoms with Crippen molar-refractivity contribution in [1.82, 2.24) is 5.32 Å². The number of phenols is 1. The fourth-order valence-electron chi connectivity index (χ4n) is 4.66. The molecule has 190 valence electrons. The molecule has 2 N–H and O–H groups in total. The summed E-state index contributed by atoms with van der Waals surface area (Å²) in [6, 6.07) is 21.3. The number of aromatic hydroxyl groups is 1. The highest BCUT2D eigenvalue weighted by molar-refractivity contribution is 6.03. The molecule has 1 amide bonds. The molecule has 3 rings (SSSR count). The van der Waals surface area contributed by atoms with Crippen molar-refractivity contribution in [3.8, 4) is 5.75 Å². The number of amidine groups is 1. The van der Waals surface area contributed by atoms with Crippen molar-refractivity contribution >= 4 is 28.2 Å². The smallest absolute Gasteiger partial charge is 0.231 e. The molecule has 0 spiro atoms. The summed E-state index contributed by atoms with van der Waals surface area (Å²) in [4.78, 5) is 18.5. The normalized spacial score (nSPS) is 14.1. The molecule has 0 saturated heterocycles. The third kappa shape index (κ3) is 6.34. The largest absolute Gasteiger partial charge is 0.508 e. The van der Waals surface area contributed by atoms with Crippen molar-refractivity contribution in [2.75, 3.05) is 0 Å². The number of carbonyl (C=O) groups is 1. The second-order valence-electron chi connectivity index (χ2n) is 9.50. The van der Waals surface area contributed by atoms with Gasteiger partial charge in [-0.25, -0.2) is 4.99 Å². The number of nitrogens with zero attached hydrogens (tertiary/aromatic N) is 1. The van der Waals surface area contributed by atoms with Crippen LogP contribution < -0.4 is 5.32 Å². The first-order chi connectivity index (χ1) is 17.7. The minimum Gasteiger partial charge on any atom is -0.508 e. The molecule has 0 aromatic heterocycles. The first-order valence-electron chi connectivity index (χ1n) is 12.5. The number of hydrogen-bond acceptors (Lipinski definition) is 3. The summed E-state index contributed by atoms with van der Waals surface area (Å²) in [7, 11) is 0. The standard InChI is InChI=1S/C33H36N2O2/c1-7-13-25(14-8-2)31(26-19-21-27(36)22-20-26)33(5,6)32(37)35-23(4)34-30(9-3)29-18-12-16-24-15-10-11-17-28(24)29/h7-22,31,36H,1H2,2-6H3,(H,34,35,37)/b14-8-,25-13+,30-9-. The quantitative estimate of drug-likeness (QED) is 0.190. The van der Waals surface area contributed by atoms with Gasteiger partial charge in [0.05, 0.1) is 11.1 Å². The van der Waals surface area contributed by atoms with E-state index in [0.717, 1.165) is 33.2 Å². The lowest BCUT2D eigenvalue weighted by atomic mass is 9.70. The number of nitrogens with one attached hydrogen (secondary N) is 1. The molecule has 0 heterocycles. The van der Waals surface area contributed by atoms with Gasteiger partial charge >= 0.3 is 0 Å². The Morgan fingerprint density at radius 3 is 2.35 bits per heavy atom. The molecule has 4 nitrogen and oxygen atoms in total. The van der Waals surface area contributed by atoms with Crippen LogP contribution in [0, 0.1) is 5.41 Å². The average Bonchev–Trinajstić information content (AvgIpc) is 2.88. The zero-order valence-corrected chi connectivity index (χ0v) is 22.3. The van der Waals surface area contributed by atoms with E-state index in [-0.39, 0.29) is 17.6 Å². The first kappa shape index (κ1) is 27.4. The van der Waals surface area contributed by atoms with Gasteiger partial charge in [0.25, 0.3) is 0 Å². The SMILES string of the molecule is C=C/C=C(\C=C/C)C(c1ccc(O)cc1)C(C)(C)C(=O)NC(C)=N/C(=C\C)c1cccc2ccccc12. The maximum absolute atomic E-state index is 13.8. The molecule has 3 aromatic carbocycles. The van der Waals surface area contributed by atoms with Crippen molar-refractivity contribution in [2.45, 2.75) is 40.5 Å². The molecular weight excluding hydrogens is 456 g/mol. The monoisotopic (exact) mass is 492 g/mol. The molecule has 4 heteroatoms. The van der Waals surface area contributed by atoms with Crippen LogP contribution in [0.15, 0.2) is 114 Å². The zero-order chi connectivity index (χ0) is 27.0.